The van der Waals surface area contributed by atoms with Crippen LogP contribution in [-0.4, -0.2) is 19.6 Å². The molecule has 0 amide bonds. The van der Waals surface area contributed by atoms with Crippen LogP contribution in [0.3, 0.4) is 0 Å². The van der Waals surface area contributed by atoms with Gasteiger partial charge >= 0.3 is 0 Å². The van der Waals surface area contributed by atoms with Gasteiger partial charge in [-0.25, -0.2) is 4.98 Å². The Bertz CT molecular complexity index is 877. The first-order valence-electron chi connectivity index (χ1n) is 8.21. The van der Waals surface area contributed by atoms with Crippen molar-refractivity contribution in [2.45, 2.75) is 42.8 Å². The maximum Gasteiger partial charge on any atom is 0.136 e. The number of aliphatic hydroxyl groups excluding tert-OH is 1. The molecule has 0 fully saturated rings. The topological polar surface area (TPSA) is 50.9 Å². The third-order valence-electron chi connectivity index (χ3n) is 3.85. The van der Waals surface area contributed by atoms with Gasteiger partial charge in [0, 0.05) is 27.3 Å². The van der Waals surface area contributed by atoms with E-state index in [-0.39, 0.29) is 12.5 Å². The fourth-order valence-electron chi connectivity index (χ4n) is 2.64. The molecule has 26 heavy (non-hydrogen) atoms. The number of aromatic nitrogens is 3. The summed E-state index contributed by atoms with van der Waals surface area (Å²) >= 11 is 13.9. The van der Waals surface area contributed by atoms with Crippen molar-refractivity contribution in [3.63, 3.8) is 0 Å². The minimum atomic E-state index is -0.123. The Morgan fingerprint density at radius 2 is 1.77 bits per heavy atom. The average Bonchev–Trinajstić information content (AvgIpc) is 2.93. The van der Waals surface area contributed by atoms with Crippen molar-refractivity contribution in [2.24, 2.45) is 0 Å². The number of aliphatic hydroxyl groups is 1. The van der Waals surface area contributed by atoms with Gasteiger partial charge in [-0.3, -0.25) is 4.98 Å². The van der Waals surface area contributed by atoms with Crippen LogP contribution in [0.1, 0.15) is 36.8 Å². The molecule has 1 N–H and O–H groups in total. The van der Waals surface area contributed by atoms with E-state index in [2.05, 4.69) is 23.8 Å². The van der Waals surface area contributed by atoms with E-state index < -0.39 is 0 Å². The third kappa shape index (κ3) is 4.41. The Hall–Kier alpha value is -1.53. The van der Waals surface area contributed by atoms with E-state index >= 15 is 0 Å². The first-order chi connectivity index (χ1) is 12.5. The van der Waals surface area contributed by atoms with Gasteiger partial charge in [0.2, 0.25) is 0 Å². The lowest BCUT2D eigenvalue weighted by atomic mass is 10.1. The Kier molecular flexibility index (Phi) is 6.24. The monoisotopic (exact) mass is 407 g/mol. The van der Waals surface area contributed by atoms with E-state index in [0.29, 0.717) is 22.4 Å². The lowest BCUT2D eigenvalue weighted by Gasteiger charge is -2.13. The van der Waals surface area contributed by atoms with E-state index in [9.17, 15) is 5.11 Å². The molecule has 0 unspecified atom stereocenters. The third-order valence-corrected chi connectivity index (χ3v) is 5.38. The van der Waals surface area contributed by atoms with Crippen molar-refractivity contribution in [3.05, 3.63) is 69.9 Å². The van der Waals surface area contributed by atoms with E-state index in [4.69, 9.17) is 23.2 Å². The van der Waals surface area contributed by atoms with Gasteiger partial charge in [-0.1, -0.05) is 48.8 Å². The fraction of sp³-hybridized carbons (Fsp3) is 0.263. The Balaban J connectivity index is 2.07. The normalized spacial score (nSPS) is 11.3. The molecule has 3 rings (SSSR count). The predicted molar refractivity (Wildman–Crippen MR) is 106 cm³/mol. The van der Waals surface area contributed by atoms with Crippen LogP contribution in [0, 0.1) is 0 Å². The lowest BCUT2D eigenvalue weighted by Crippen LogP contribution is -2.06. The van der Waals surface area contributed by atoms with Crippen molar-refractivity contribution >= 4 is 35.0 Å². The molecule has 0 spiro atoms. The number of hydrogen-bond acceptors (Lipinski definition) is 4. The molecule has 4 nitrogen and oxygen atoms in total. The van der Waals surface area contributed by atoms with Crippen molar-refractivity contribution < 1.29 is 5.11 Å². The quantitative estimate of drug-likeness (QED) is 0.593. The van der Waals surface area contributed by atoms with Gasteiger partial charge < -0.3 is 9.67 Å². The van der Waals surface area contributed by atoms with Crippen molar-refractivity contribution in [1.29, 1.82) is 0 Å². The number of halogens is 2. The minimum absolute atomic E-state index is 0.123. The summed E-state index contributed by atoms with van der Waals surface area (Å²) < 4.78 is 2.05. The van der Waals surface area contributed by atoms with Crippen LogP contribution in [0.4, 0.5) is 0 Å². The van der Waals surface area contributed by atoms with Crippen LogP contribution in [0.15, 0.2) is 52.6 Å². The highest BCUT2D eigenvalue weighted by Gasteiger charge is 2.20. The molecule has 0 aliphatic carbocycles. The zero-order chi connectivity index (χ0) is 18.7. The summed E-state index contributed by atoms with van der Waals surface area (Å²) in [6.45, 7) is 4.67. The van der Waals surface area contributed by atoms with E-state index in [1.165, 1.54) is 0 Å². The van der Waals surface area contributed by atoms with Gasteiger partial charge in [-0.2, -0.15) is 0 Å². The molecule has 0 aliphatic rings. The van der Waals surface area contributed by atoms with Gasteiger partial charge in [-0.15, -0.1) is 0 Å². The number of imidazole rings is 1. The van der Waals surface area contributed by atoms with Crippen molar-refractivity contribution in [3.8, 4) is 0 Å². The highest BCUT2D eigenvalue weighted by Crippen LogP contribution is 2.37. The summed E-state index contributed by atoms with van der Waals surface area (Å²) in [6.07, 6.45) is 3.52. The maximum atomic E-state index is 9.82. The van der Waals surface area contributed by atoms with Crippen LogP contribution in [-0.2, 0) is 13.2 Å². The lowest BCUT2D eigenvalue weighted by molar-refractivity contribution is 0.265. The highest BCUT2D eigenvalue weighted by atomic mass is 35.5. The van der Waals surface area contributed by atoms with Gasteiger partial charge in [0.25, 0.3) is 0 Å². The van der Waals surface area contributed by atoms with Crippen LogP contribution >= 0.6 is 35.0 Å². The first kappa shape index (κ1) is 19.2. The molecule has 136 valence electrons. The molecule has 1 aromatic carbocycles. The molecule has 0 saturated carbocycles. The summed E-state index contributed by atoms with van der Waals surface area (Å²) in [6, 6.07) is 9.39. The van der Waals surface area contributed by atoms with Crippen LogP contribution in [0.2, 0.25) is 10.0 Å². The molecule has 0 saturated heterocycles. The molecule has 0 aliphatic heterocycles. The maximum absolute atomic E-state index is 9.82. The Morgan fingerprint density at radius 3 is 2.35 bits per heavy atom. The zero-order valence-corrected chi connectivity index (χ0v) is 16.8. The summed E-state index contributed by atoms with van der Waals surface area (Å²) in [5.74, 6) is 0.859. The second-order valence-corrected chi connectivity index (χ2v) is 8.12. The molecule has 2 aromatic heterocycles. The number of benzene rings is 1. The summed E-state index contributed by atoms with van der Waals surface area (Å²) in [7, 11) is 0. The number of rotatable bonds is 6. The largest absolute Gasteiger partial charge is 0.388 e. The average molecular weight is 408 g/mol. The SMILES string of the molecule is CC(C)c1nc(CO)n(Cc2ccncc2)c1Sc1cc(Cl)cc(Cl)c1. The highest BCUT2D eigenvalue weighted by molar-refractivity contribution is 7.99. The second-order valence-electron chi connectivity index (χ2n) is 6.18. The van der Waals surface area contributed by atoms with E-state index in [1.54, 1.807) is 30.2 Å². The minimum Gasteiger partial charge on any atom is -0.388 e. The molecule has 7 heteroatoms. The molecule has 0 atom stereocenters. The Labute approximate surface area is 167 Å². The van der Waals surface area contributed by atoms with E-state index in [1.807, 2.05) is 28.8 Å². The molecule has 3 aromatic rings. The van der Waals surface area contributed by atoms with Gasteiger partial charge in [0.1, 0.15) is 17.5 Å². The number of nitrogens with zero attached hydrogens (tertiary/aromatic N) is 3. The molecule has 0 bridgehead atoms. The zero-order valence-electron chi connectivity index (χ0n) is 14.5. The first-order valence-corrected chi connectivity index (χ1v) is 9.78. The molecular formula is C19H19Cl2N3OS. The summed E-state index contributed by atoms with van der Waals surface area (Å²) in [5, 5.41) is 12.0. The second kappa shape index (κ2) is 8.44. The summed E-state index contributed by atoms with van der Waals surface area (Å²) in [5.41, 5.74) is 2.04. The number of pyridine rings is 1. The van der Waals surface area contributed by atoms with Gasteiger partial charge in [-0.05, 0) is 41.8 Å². The van der Waals surface area contributed by atoms with Gasteiger partial charge in [0.15, 0.2) is 0 Å². The molecular weight excluding hydrogens is 389 g/mol. The Morgan fingerprint density at radius 1 is 1.12 bits per heavy atom. The molecule has 0 radical (unpaired) electrons. The fourth-order valence-corrected chi connectivity index (χ4v) is 4.56. The van der Waals surface area contributed by atoms with Crippen LogP contribution in [0.25, 0.3) is 0 Å². The molecule has 2 heterocycles. The summed E-state index contributed by atoms with van der Waals surface area (Å²) in [4.78, 5) is 9.67. The van der Waals surface area contributed by atoms with Gasteiger partial charge in [0.05, 0.1) is 12.2 Å². The van der Waals surface area contributed by atoms with E-state index in [0.717, 1.165) is 21.2 Å². The van der Waals surface area contributed by atoms with Crippen LogP contribution < -0.4 is 0 Å². The van der Waals surface area contributed by atoms with Crippen LogP contribution in [0.5, 0.6) is 0 Å². The standard InChI is InChI=1S/C19H19Cl2N3OS/c1-12(2)18-19(26-16-8-14(20)7-15(21)9-16)24(17(11-25)23-18)10-13-3-5-22-6-4-13/h3-9,12,25H,10-11H2,1-2H3. The van der Waals surface area contributed by atoms with Crippen molar-refractivity contribution in [1.82, 2.24) is 14.5 Å². The number of hydrogen-bond donors (Lipinski definition) is 1. The van der Waals surface area contributed by atoms with Crippen molar-refractivity contribution in [2.75, 3.05) is 0 Å². The predicted octanol–water partition coefficient (Wildman–Crippen LogP) is 5.40. The smallest absolute Gasteiger partial charge is 0.136 e.